The van der Waals surface area contributed by atoms with Crippen molar-refractivity contribution in [1.29, 1.82) is 0 Å². The summed E-state index contributed by atoms with van der Waals surface area (Å²) >= 11 is 6.59. The van der Waals surface area contributed by atoms with Crippen LogP contribution in [0.5, 0.6) is 0 Å². The van der Waals surface area contributed by atoms with Gasteiger partial charge in [-0.05, 0) is 42.3 Å². The van der Waals surface area contributed by atoms with E-state index in [0.29, 0.717) is 10.6 Å². The van der Waals surface area contributed by atoms with E-state index in [9.17, 15) is 18.0 Å². The standard InChI is InChI=1S/C17H15ClF3NOS/c1-2-11-3-5-12(6-4-11)22-16(23)10-24-13-7-8-15(18)14(9-13)17(19,20)21/h3-9H,2,10H2,1H3,(H,22,23). The van der Waals surface area contributed by atoms with Gasteiger partial charge in [-0.3, -0.25) is 4.79 Å². The van der Waals surface area contributed by atoms with Gasteiger partial charge in [0.1, 0.15) is 0 Å². The van der Waals surface area contributed by atoms with Gasteiger partial charge in [-0.1, -0.05) is 30.7 Å². The molecule has 0 aliphatic carbocycles. The molecule has 0 fully saturated rings. The maximum atomic E-state index is 12.8. The van der Waals surface area contributed by atoms with Crippen LogP contribution in [0.3, 0.4) is 0 Å². The van der Waals surface area contributed by atoms with E-state index in [-0.39, 0.29) is 16.7 Å². The smallest absolute Gasteiger partial charge is 0.325 e. The zero-order valence-corrected chi connectivity index (χ0v) is 14.4. The lowest BCUT2D eigenvalue weighted by molar-refractivity contribution is -0.137. The summed E-state index contributed by atoms with van der Waals surface area (Å²) in [7, 11) is 0. The molecule has 0 radical (unpaired) electrons. The van der Waals surface area contributed by atoms with E-state index in [1.807, 2.05) is 19.1 Å². The van der Waals surface area contributed by atoms with Crippen molar-refractivity contribution in [2.75, 3.05) is 11.1 Å². The SMILES string of the molecule is CCc1ccc(NC(=O)CSc2ccc(Cl)c(C(F)(F)F)c2)cc1. The minimum atomic E-state index is -4.52. The number of rotatable bonds is 5. The van der Waals surface area contributed by atoms with Gasteiger partial charge in [0.2, 0.25) is 5.91 Å². The Morgan fingerprint density at radius 3 is 2.42 bits per heavy atom. The number of hydrogen-bond donors (Lipinski definition) is 1. The third kappa shape index (κ3) is 5.18. The second-order valence-corrected chi connectivity index (χ2v) is 6.48. The van der Waals surface area contributed by atoms with E-state index >= 15 is 0 Å². The van der Waals surface area contributed by atoms with Crippen LogP contribution in [-0.4, -0.2) is 11.7 Å². The highest BCUT2D eigenvalue weighted by molar-refractivity contribution is 8.00. The summed E-state index contributed by atoms with van der Waals surface area (Å²) in [6, 6.07) is 11.0. The van der Waals surface area contributed by atoms with Crippen molar-refractivity contribution in [2.24, 2.45) is 0 Å². The number of carbonyl (C=O) groups is 1. The molecule has 0 heterocycles. The molecular formula is C17H15ClF3NOS. The first-order valence-corrected chi connectivity index (χ1v) is 8.54. The molecule has 1 amide bonds. The Labute approximate surface area is 147 Å². The normalized spacial score (nSPS) is 11.4. The molecule has 0 aromatic heterocycles. The first kappa shape index (κ1) is 18.7. The lowest BCUT2D eigenvalue weighted by atomic mass is 10.1. The Morgan fingerprint density at radius 1 is 1.17 bits per heavy atom. The summed E-state index contributed by atoms with van der Waals surface area (Å²) in [6.45, 7) is 2.03. The van der Waals surface area contributed by atoms with Crippen LogP contribution in [0, 0.1) is 0 Å². The number of alkyl halides is 3. The van der Waals surface area contributed by atoms with E-state index < -0.39 is 11.7 Å². The number of hydrogen-bond acceptors (Lipinski definition) is 2. The lowest BCUT2D eigenvalue weighted by Crippen LogP contribution is -2.14. The molecule has 1 N–H and O–H groups in total. The van der Waals surface area contributed by atoms with Gasteiger partial charge in [-0.2, -0.15) is 13.2 Å². The Morgan fingerprint density at radius 2 is 1.83 bits per heavy atom. The van der Waals surface area contributed by atoms with Crippen LogP contribution in [0.4, 0.5) is 18.9 Å². The molecule has 2 nitrogen and oxygen atoms in total. The molecule has 24 heavy (non-hydrogen) atoms. The Kier molecular flexibility index (Phi) is 6.18. The third-order valence-electron chi connectivity index (χ3n) is 3.26. The van der Waals surface area contributed by atoms with Gasteiger partial charge >= 0.3 is 6.18 Å². The van der Waals surface area contributed by atoms with Gasteiger partial charge < -0.3 is 5.32 Å². The van der Waals surface area contributed by atoms with Gasteiger partial charge in [0.05, 0.1) is 16.3 Å². The molecular weight excluding hydrogens is 359 g/mol. The van der Waals surface area contributed by atoms with Crippen molar-refractivity contribution in [1.82, 2.24) is 0 Å². The molecule has 2 rings (SSSR count). The summed E-state index contributed by atoms with van der Waals surface area (Å²) in [5, 5.41) is 2.36. The molecule has 7 heteroatoms. The van der Waals surface area contributed by atoms with Gasteiger partial charge in [0.15, 0.2) is 0 Å². The van der Waals surface area contributed by atoms with Crippen LogP contribution in [0.25, 0.3) is 0 Å². The molecule has 0 bridgehead atoms. The molecule has 0 saturated heterocycles. The van der Waals surface area contributed by atoms with Crippen molar-refractivity contribution in [3.63, 3.8) is 0 Å². The number of anilines is 1. The number of halogens is 4. The Bertz CT molecular complexity index is 717. The van der Waals surface area contributed by atoms with Crippen LogP contribution in [0.2, 0.25) is 5.02 Å². The highest BCUT2D eigenvalue weighted by Crippen LogP contribution is 2.37. The van der Waals surface area contributed by atoms with Gasteiger partial charge in [-0.15, -0.1) is 11.8 Å². The van der Waals surface area contributed by atoms with Crippen LogP contribution in [0.15, 0.2) is 47.4 Å². The number of carbonyl (C=O) groups excluding carboxylic acids is 1. The zero-order chi connectivity index (χ0) is 17.7. The second kappa shape index (κ2) is 7.94. The summed E-state index contributed by atoms with van der Waals surface area (Å²) < 4.78 is 38.4. The van der Waals surface area contributed by atoms with Crippen LogP contribution >= 0.6 is 23.4 Å². The average Bonchev–Trinajstić information content (AvgIpc) is 2.53. The second-order valence-electron chi connectivity index (χ2n) is 5.03. The van der Waals surface area contributed by atoms with Crippen LogP contribution in [-0.2, 0) is 17.4 Å². The summed E-state index contributed by atoms with van der Waals surface area (Å²) in [5.41, 5.74) is 0.915. The first-order chi connectivity index (χ1) is 11.3. The van der Waals surface area contributed by atoms with E-state index in [1.165, 1.54) is 12.1 Å². The van der Waals surface area contributed by atoms with Crippen molar-refractivity contribution in [2.45, 2.75) is 24.4 Å². The van der Waals surface area contributed by atoms with E-state index in [0.717, 1.165) is 29.8 Å². The van der Waals surface area contributed by atoms with E-state index in [1.54, 1.807) is 12.1 Å². The van der Waals surface area contributed by atoms with E-state index in [2.05, 4.69) is 5.32 Å². The monoisotopic (exact) mass is 373 g/mol. The van der Waals surface area contributed by atoms with Crippen LogP contribution < -0.4 is 5.32 Å². The zero-order valence-electron chi connectivity index (χ0n) is 12.8. The Hall–Kier alpha value is -1.66. The molecule has 128 valence electrons. The predicted octanol–water partition coefficient (Wildman–Crippen LogP) is 5.65. The maximum Gasteiger partial charge on any atom is 0.417 e. The molecule has 0 aliphatic rings. The number of nitrogens with one attached hydrogen (secondary N) is 1. The predicted molar refractivity (Wildman–Crippen MR) is 91.6 cm³/mol. The highest BCUT2D eigenvalue weighted by Gasteiger charge is 2.33. The van der Waals surface area contributed by atoms with Crippen molar-refractivity contribution in [3.8, 4) is 0 Å². The minimum absolute atomic E-state index is 0.00839. The minimum Gasteiger partial charge on any atom is -0.325 e. The topological polar surface area (TPSA) is 29.1 Å². The molecule has 2 aromatic carbocycles. The quantitative estimate of drug-likeness (QED) is 0.686. The van der Waals surface area contributed by atoms with Gasteiger partial charge in [0, 0.05) is 10.6 Å². The maximum absolute atomic E-state index is 12.8. The number of amides is 1. The van der Waals surface area contributed by atoms with Gasteiger partial charge in [0.25, 0.3) is 0 Å². The summed E-state index contributed by atoms with van der Waals surface area (Å²) in [6.07, 6.45) is -3.61. The summed E-state index contributed by atoms with van der Waals surface area (Å²) in [4.78, 5) is 12.2. The van der Waals surface area contributed by atoms with Crippen molar-refractivity contribution >= 4 is 35.0 Å². The largest absolute Gasteiger partial charge is 0.417 e. The fourth-order valence-corrected chi connectivity index (χ4v) is 2.94. The first-order valence-electron chi connectivity index (χ1n) is 7.18. The molecule has 0 spiro atoms. The molecule has 0 saturated carbocycles. The molecule has 0 atom stereocenters. The number of aryl methyl sites for hydroxylation is 1. The molecule has 2 aromatic rings. The van der Waals surface area contributed by atoms with Crippen LogP contribution in [0.1, 0.15) is 18.1 Å². The average molecular weight is 374 g/mol. The number of benzene rings is 2. The molecule has 0 aliphatic heterocycles. The number of thioether (sulfide) groups is 1. The van der Waals surface area contributed by atoms with Crippen molar-refractivity contribution < 1.29 is 18.0 Å². The van der Waals surface area contributed by atoms with E-state index in [4.69, 9.17) is 11.6 Å². The fourth-order valence-electron chi connectivity index (χ4n) is 1.98. The fraction of sp³-hybridized carbons (Fsp3) is 0.235. The molecule has 0 unspecified atom stereocenters. The Balaban J connectivity index is 1.96. The highest BCUT2D eigenvalue weighted by atomic mass is 35.5. The lowest BCUT2D eigenvalue weighted by Gasteiger charge is -2.11. The van der Waals surface area contributed by atoms with Crippen molar-refractivity contribution in [3.05, 3.63) is 58.6 Å². The third-order valence-corrected chi connectivity index (χ3v) is 4.58. The van der Waals surface area contributed by atoms with Gasteiger partial charge in [-0.25, -0.2) is 0 Å². The summed E-state index contributed by atoms with van der Waals surface area (Å²) in [5.74, 6) is -0.276.